The maximum absolute atomic E-state index is 12.7. The van der Waals surface area contributed by atoms with Gasteiger partial charge < -0.3 is 15.0 Å². The molecule has 6 nitrogen and oxygen atoms in total. The predicted molar refractivity (Wildman–Crippen MR) is 90.4 cm³/mol. The summed E-state index contributed by atoms with van der Waals surface area (Å²) in [5.41, 5.74) is 2.97. The Hall–Kier alpha value is -1.56. The molecule has 2 atom stereocenters. The van der Waals surface area contributed by atoms with Crippen molar-refractivity contribution in [3.05, 3.63) is 17.0 Å². The van der Waals surface area contributed by atoms with Crippen LogP contribution >= 0.6 is 0 Å². The maximum Gasteiger partial charge on any atom is 0.318 e. The maximum atomic E-state index is 12.7. The van der Waals surface area contributed by atoms with Gasteiger partial charge in [-0.05, 0) is 53.9 Å². The molecule has 1 aliphatic heterocycles. The number of hydrogen-bond acceptors (Lipinski definition) is 3. The number of aryl methyl sites for hydroxylation is 2. The number of carbonyl (C=O) groups is 1. The van der Waals surface area contributed by atoms with E-state index < -0.39 is 0 Å². The Morgan fingerprint density at radius 1 is 1.52 bits per heavy atom. The molecule has 2 rings (SSSR count). The van der Waals surface area contributed by atoms with Crippen LogP contribution in [0.1, 0.15) is 63.0 Å². The fraction of sp³-hybridized carbons (Fsp3) is 0.765. The van der Waals surface area contributed by atoms with E-state index in [1.807, 2.05) is 39.5 Å². The van der Waals surface area contributed by atoms with Crippen molar-refractivity contribution < 1.29 is 9.53 Å². The third-order valence-electron chi connectivity index (χ3n) is 4.75. The smallest absolute Gasteiger partial charge is 0.318 e. The Morgan fingerprint density at radius 3 is 2.78 bits per heavy atom. The molecule has 0 aromatic carbocycles. The molecule has 0 unspecified atom stereocenters. The first-order chi connectivity index (χ1) is 10.7. The lowest BCUT2D eigenvalue weighted by atomic mass is 10.00. The quantitative estimate of drug-likeness (QED) is 0.875. The number of amides is 2. The number of aromatic nitrogens is 2. The van der Waals surface area contributed by atoms with E-state index in [0.29, 0.717) is 0 Å². The van der Waals surface area contributed by atoms with E-state index in [-0.39, 0.29) is 23.7 Å². The van der Waals surface area contributed by atoms with Crippen molar-refractivity contribution in [3.63, 3.8) is 0 Å². The van der Waals surface area contributed by atoms with Crippen LogP contribution in [-0.4, -0.2) is 46.4 Å². The second-order valence-corrected chi connectivity index (χ2v) is 7.22. The topological polar surface area (TPSA) is 70.2 Å². The number of H-pyrrole nitrogens is 1. The summed E-state index contributed by atoms with van der Waals surface area (Å²) in [5.74, 6) is 0. The molecule has 1 aromatic heterocycles. The standard InChI is InChI=1S/C17H30N4O2/c1-11(10-17(4,5)23-6)18-16(22)21-9-7-8-14(21)15-12(2)19-20-13(15)3/h11,14H,7-10H2,1-6H3,(H,18,22)(H,19,20)/t11-,14-/m1/s1. The predicted octanol–water partition coefficient (Wildman–Crippen LogP) is 3.08. The van der Waals surface area contributed by atoms with Gasteiger partial charge in [0.15, 0.2) is 0 Å². The van der Waals surface area contributed by atoms with Crippen LogP contribution in [0.5, 0.6) is 0 Å². The van der Waals surface area contributed by atoms with Crippen LogP contribution in [0, 0.1) is 13.8 Å². The van der Waals surface area contributed by atoms with Gasteiger partial charge in [-0.3, -0.25) is 5.10 Å². The number of urea groups is 1. The number of nitrogens with zero attached hydrogens (tertiary/aromatic N) is 2. The van der Waals surface area contributed by atoms with Crippen LogP contribution in [0.4, 0.5) is 4.79 Å². The number of likely N-dealkylation sites (tertiary alicyclic amines) is 1. The van der Waals surface area contributed by atoms with E-state index >= 15 is 0 Å². The van der Waals surface area contributed by atoms with Gasteiger partial charge in [-0.25, -0.2) is 4.79 Å². The van der Waals surface area contributed by atoms with Gasteiger partial charge in [-0.2, -0.15) is 5.10 Å². The lowest BCUT2D eigenvalue weighted by Gasteiger charge is -2.30. The van der Waals surface area contributed by atoms with Crippen molar-refractivity contribution in [1.29, 1.82) is 0 Å². The van der Waals surface area contributed by atoms with Crippen LogP contribution in [0.2, 0.25) is 0 Å². The van der Waals surface area contributed by atoms with Crippen LogP contribution in [0.15, 0.2) is 0 Å². The zero-order chi connectivity index (χ0) is 17.2. The van der Waals surface area contributed by atoms with Gasteiger partial charge in [0, 0.05) is 31.0 Å². The Labute approximate surface area is 139 Å². The lowest BCUT2D eigenvalue weighted by molar-refractivity contribution is 0.00910. The molecule has 130 valence electrons. The monoisotopic (exact) mass is 322 g/mol. The summed E-state index contributed by atoms with van der Waals surface area (Å²) in [7, 11) is 1.70. The molecule has 2 N–H and O–H groups in total. The zero-order valence-corrected chi connectivity index (χ0v) is 15.2. The van der Waals surface area contributed by atoms with Gasteiger partial charge in [0.05, 0.1) is 17.3 Å². The Morgan fingerprint density at radius 2 is 2.22 bits per heavy atom. The van der Waals surface area contributed by atoms with Crippen LogP contribution < -0.4 is 5.32 Å². The van der Waals surface area contributed by atoms with Crippen molar-refractivity contribution in [1.82, 2.24) is 20.4 Å². The summed E-state index contributed by atoms with van der Waals surface area (Å²) in [6, 6.07) is 0.188. The molecule has 1 aliphatic rings. The molecule has 23 heavy (non-hydrogen) atoms. The van der Waals surface area contributed by atoms with E-state index in [9.17, 15) is 4.79 Å². The second-order valence-electron chi connectivity index (χ2n) is 7.22. The molecule has 0 bridgehead atoms. The Kier molecular flexibility index (Phi) is 5.34. The van der Waals surface area contributed by atoms with Gasteiger partial charge >= 0.3 is 6.03 Å². The van der Waals surface area contributed by atoms with Crippen molar-refractivity contribution in [2.75, 3.05) is 13.7 Å². The van der Waals surface area contributed by atoms with E-state index in [2.05, 4.69) is 15.5 Å². The number of rotatable bonds is 5. The molecule has 2 heterocycles. The fourth-order valence-electron chi connectivity index (χ4n) is 3.53. The molecular weight excluding hydrogens is 292 g/mol. The van der Waals surface area contributed by atoms with E-state index in [0.717, 1.165) is 37.2 Å². The Balaban J connectivity index is 2.04. The minimum atomic E-state index is -0.241. The van der Waals surface area contributed by atoms with Crippen molar-refractivity contribution in [3.8, 4) is 0 Å². The SMILES string of the molecule is COC(C)(C)C[C@@H](C)NC(=O)N1CCC[C@@H]1c1c(C)n[nH]c1C. The summed E-state index contributed by atoms with van der Waals surface area (Å²) in [5, 5.41) is 10.4. The normalized spacial score (nSPS) is 19.9. The second kappa shape index (κ2) is 6.91. The van der Waals surface area contributed by atoms with E-state index in [1.54, 1.807) is 7.11 Å². The number of aromatic amines is 1. The minimum Gasteiger partial charge on any atom is -0.379 e. The molecule has 1 saturated heterocycles. The van der Waals surface area contributed by atoms with Gasteiger partial charge in [-0.15, -0.1) is 0 Å². The highest BCUT2D eigenvalue weighted by molar-refractivity contribution is 5.75. The summed E-state index contributed by atoms with van der Waals surface area (Å²) < 4.78 is 5.45. The first kappa shape index (κ1) is 17.8. The van der Waals surface area contributed by atoms with Crippen LogP contribution in [0.3, 0.4) is 0 Å². The number of methoxy groups -OCH3 is 1. The number of hydrogen-bond donors (Lipinski definition) is 2. The molecule has 2 amide bonds. The van der Waals surface area contributed by atoms with Gasteiger partial charge in [-0.1, -0.05) is 0 Å². The lowest BCUT2D eigenvalue weighted by Crippen LogP contribution is -2.46. The minimum absolute atomic E-state index is 0.00639. The Bertz CT molecular complexity index is 533. The number of nitrogens with one attached hydrogen (secondary N) is 2. The molecule has 0 aliphatic carbocycles. The highest BCUT2D eigenvalue weighted by atomic mass is 16.5. The largest absolute Gasteiger partial charge is 0.379 e. The van der Waals surface area contributed by atoms with E-state index in [4.69, 9.17) is 4.74 Å². The fourth-order valence-corrected chi connectivity index (χ4v) is 3.53. The zero-order valence-electron chi connectivity index (χ0n) is 15.2. The molecule has 0 spiro atoms. The average molecular weight is 322 g/mol. The average Bonchev–Trinajstić information content (AvgIpc) is 3.05. The van der Waals surface area contributed by atoms with Crippen LogP contribution in [-0.2, 0) is 4.74 Å². The summed E-state index contributed by atoms with van der Waals surface area (Å²) in [6.07, 6.45) is 2.80. The molecule has 6 heteroatoms. The highest BCUT2D eigenvalue weighted by Gasteiger charge is 2.33. The highest BCUT2D eigenvalue weighted by Crippen LogP contribution is 2.34. The van der Waals surface area contributed by atoms with E-state index in [1.165, 1.54) is 5.56 Å². The van der Waals surface area contributed by atoms with Crippen LogP contribution in [0.25, 0.3) is 0 Å². The number of carbonyl (C=O) groups excluding carboxylic acids is 1. The molecule has 0 radical (unpaired) electrons. The summed E-state index contributed by atoms with van der Waals surface area (Å²) in [4.78, 5) is 14.6. The summed E-state index contributed by atoms with van der Waals surface area (Å²) in [6.45, 7) is 10.9. The molecular formula is C17H30N4O2. The van der Waals surface area contributed by atoms with Gasteiger partial charge in [0.2, 0.25) is 0 Å². The van der Waals surface area contributed by atoms with Gasteiger partial charge in [0.1, 0.15) is 0 Å². The first-order valence-electron chi connectivity index (χ1n) is 8.39. The first-order valence-corrected chi connectivity index (χ1v) is 8.39. The third kappa shape index (κ3) is 4.05. The van der Waals surface area contributed by atoms with Gasteiger partial charge in [0.25, 0.3) is 0 Å². The third-order valence-corrected chi connectivity index (χ3v) is 4.75. The molecule has 1 fully saturated rings. The molecule has 0 saturated carbocycles. The van der Waals surface area contributed by atoms with Crippen molar-refractivity contribution >= 4 is 6.03 Å². The molecule has 1 aromatic rings. The summed E-state index contributed by atoms with van der Waals surface area (Å²) >= 11 is 0. The van der Waals surface area contributed by atoms with Crippen molar-refractivity contribution in [2.45, 2.75) is 71.6 Å². The number of ether oxygens (including phenoxy) is 1. The van der Waals surface area contributed by atoms with Crippen molar-refractivity contribution in [2.24, 2.45) is 0 Å².